The predicted octanol–water partition coefficient (Wildman–Crippen LogP) is 3.94. The van der Waals surface area contributed by atoms with Gasteiger partial charge < -0.3 is 14.8 Å². The molecule has 0 aliphatic carbocycles. The quantitative estimate of drug-likeness (QED) is 0.802. The SMILES string of the molecule is Cc1ccc(NC(=O)NC2(C(F)(F)F)Oc3ccccc3O2)cc1F. The molecule has 0 unspecified atom stereocenters. The van der Waals surface area contributed by atoms with Crippen LogP contribution in [0.25, 0.3) is 0 Å². The fraction of sp³-hybridized carbons (Fsp3) is 0.188. The minimum absolute atomic E-state index is 0.0200. The Hall–Kier alpha value is -2.97. The predicted molar refractivity (Wildman–Crippen MR) is 79.8 cm³/mol. The topological polar surface area (TPSA) is 59.6 Å². The Morgan fingerprint density at radius 2 is 1.68 bits per heavy atom. The lowest BCUT2D eigenvalue weighted by molar-refractivity contribution is -0.317. The van der Waals surface area contributed by atoms with E-state index in [1.807, 2.05) is 0 Å². The number of anilines is 1. The first-order chi connectivity index (χ1) is 11.7. The minimum atomic E-state index is -5.07. The van der Waals surface area contributed by atoms with Crippen molar-refractivity contribution in [1.29, 1.82) is 0 Å². The van der Waals surface area contributed by atoms with Gasteiger partial charge in [0.2, 0.25) is 0 Å². The molecule has 0 saturated heterocycles. The van der Waals surface area contributed by atoms with E-state index in [1.54, 1.807) is 5.32 Å². The van der Waals surface area contributed by atoms with E-state index in [4.69, 9.17) is 9.47 Å². The van der Waals surface area contributed by atoms with Gasteiger partial charge in [-0.1, -0.05) is 18.2 Å². The van der Waals surface area contributed by atoms with Gasteiger partial charge in [0, 0.05) is 5.69 Å². The molecule has 0 aromatic heterocycles. The summed E-state index contributed by atoms with van der Waals surface area (Å²) in [5, 5.41) is 3.73. The number of alkyl halides is 3. The fourth-order valence-corrected chi connectivity index (χ4v) is 2.17. The summed E-state index contributed by atoms with van der Waals surface area (Å²) in [5.41, 5.74) is 0.309. The van der Waals surface area contributed by atoms with Crippen molar-refractivity contribution < 1.29 is 31.8 Å². The van der Waals surface area contributed by atoms with Crippen molar-refractivity contribution in [3.05, 3.63) is 53.8 Å². The van der Waals surface area contributed by atoms with E-state index in [0.717, 1.165) is 6.07 Å². The van der Waals surface area contributed by atoms with Crippen LogP contribution in [0.2, 0.25) is 0 Å². The van der Waals surface area contributed by atoms with E-state index in [0.29, 0.717) is 5.56 Å². The maximum Gasteiger partial charge on any atom is 0.492 e. The summed E-state index contributed by atoms with van der Waals surface area (Å²) in [7, 11) is 0. The molecule has 5 nitrogen and oxygen atoms in total. The van der Waals surface area contributed by atoms with Crippen molar-refractivity contribution in [2.75, 3.05) is 5.32 Å². The zero-order valence-electron chi connectivity index (χ0n) is 12.8. The van der Waals surface area contributed by atoms with Crippen LogP contribution >= 0.6 is 0 Å². The molecule has 2 aromatic carbocycles. The summed E-state index contributed by atoms with van der Waals surface area (Å²) in [6.45, 7) is 1.51. The Morgan fingerprint density at radius 1 is 1.08 bits per heavy atom. The second-order valence-corrected chi connectivity index (χ2v) is 5.31. The number of aryl methyl sites for hydroxylation is 1. The molecule has 1 aliphatic heterocycles. The van der Waals surface area contributed by atoms with Crippen molar-refractivity contribution in [3.63, 3.8) is 0 Å². The van der Waals surface area contributed by atoms with Crippen LogP contribution in [-0.4, -0.2) is 18.1 Å². The van der Waals surface area contributed by atoms with Gasteiger partial charge >= 0.3 is 18.1 Å². The van der Waals surface area contributed by atoms with E-state index >= 15 is 0 Å². The second-order valence-electron chi connectivity index (χ2n) is 5.31. The van der Waals surface area contributed by atoms with E-state index in [2.05, 4.69) is 5.32 Å². The van der Waals surface area contributed by atoms with Gasteiger partial charge in [-0.15, -0.1) is 0 Å². The third kappa shape index (κ3) is 3.17. The zero-order valence-corrected chi connectivity index (χ0v) is 12.8. The van der Waals surface area contributed by atoms with Crippen LogP contribution in [0.15, 0.2) is 42.5 Å². The van der Waals surface area contributed by atoms with Crippen LogP contribution in [0, 0.1) is 12.7 Å². The average molecular weight is 356 g/mol. The van der Waals surface area contributed by atoms with Gasteiger partial charge in [-0.3, -0.25) is 5.32 Å². The van der Waals surface area contributed by atoms with Crippen LogP contribution in [0.4, 0.5) is 28.0 Å². The summed E-state index contributed by atoms with van der Waals surface area (Å²) in [4.78, 5) is 12.0. The Morgan fingerprint density at radius 3 is 2.20 bits per heavy atom. The molecule has 2 N–H and O–H groups in total. The number of carbonyl (C=O) groups excluding carboxylic acids is 1. The second kappa shape index (κ2) is 5.83. The summed E-state index contributed by atoms with van der Waals surface area (Å²) in [6, 6.07) is 7.92. The molecule has 3 rings (SSSR count). The van der Waals surface area contributed by atoms with Crippen LogP contribution in [-0.2, 0) is 0 Å². The number of para-hydroxylation sites is 2. The molecule has 2 amide bonds. The molecule has 9 heteroatoms. The molecule has 0 spiro atoms. The normalized spacial score (nSPS) is 14.9. The number of carbonyl (C=O) groups is 1. The number of hydrogen-bond acceptors (Lipinski definition) is 3. The Kier molecular flexibility index (Phi) is 3.94. The number of ether oxygens (including phenoxy) is 2. The van der Waals surface area contributed by atoms with Crippen LogP contribution in [0.3, 0.4) is 0 Å². The standard InChI is InChI=1S/C16H12F4N2O3/c1-9-6-7-10(8-11(9)17)21-14(23)22-16(15(18,19)20)24-12-4-2-3-5-13(12)25-16/h2-8H,1H3,(H2,21,22,23). The van der Waals surface area contributed by atoms with E-state index in [1.165, 1.54) is 43.3 Å². The van der Waals surface area contributed by atoms with Gasteiger partial charge in [-0.05, 0) is 36.8 Å². The minimum Gasteiger partial charge on any atom is -0.424 e. The van der Waals surface area contributed by atoms with Crippen LogP contribution in [0.1, 0.15) is 5.56 Å². The summed E-state index contributed by atoms with van der Waals surface area (Å²) < 4.78 is 63.4. The molecule has 0 atom stereocenters. The number of hydrogen-bond donors (Lipinski definition) is 2. The Bertz CT molecular complexity index is 798. The third-order valence-corrected chi connectivity index (χ3v) is 3.44. The van der Waals surface area contributed by atoms with Gasteiger partial charge in [0.1, 0.15) is 5.82 Å². The highest BCUT2D eigenvalue weighted by atomic mass is 19.4. The molecule has 0 fully saturated rings. The number of rotatable bonds is 2. The molecule has 1 aliphatic rings. The molecule has 132 valence electrons. The first kappa shape index (κ1) is 16.9. The number of halogens is 4. The lowest BCUT2D eigenvalue weighted by atomic mass is 10.2. The van der Waals surface area contributed by atoms with Crippen LogP contribution < -0.4 is 20.1 Å². The number of amides is 2. The molecule has 25 heavy (non-hydrogen) atoms. The summed E-state index contributed by atoms with van der Waals surface area (Å²) in [6.07, 6.45) is -5.07. The zero-order chi connectivity index (χ0) is 18.2. The fourth-order valence-electron chi connectivity index (χ4n) is 2.17. The first-order valence-corrected chi connectivity index (χ1v) is 7.09. The Labute approximate surface area is 139 Å². The smallest absolute Gasteiger partial charge is 0.424 e. The molecule has 0 saturated carbocycles. The number of nitrogens with one attached hydrogen (secondary N) is 2. The van der Waals surface area contributed by atoms with Gasteiger partial charge in [0.25, 0.3) is 0 Å². The van der Waals surface area contributed by atoms with Crippen molar-refractivity contribution in [2.24, 2.45) is 0 Å². The van der Waals surface area contributed by atoms with Crippen LogP contribution in [0.5, 0.6) is 11.5 Å². The highest BCUT2D eigenvalue weighted by Crippen LogP contribution is 2.44. The van der Waals surface area contributed by atoms with E-state index in [-0.39, 0.29) is 17.2 Å². The molecule has 2 aromatic rings. The maximum absolute atomic E-state index is 13.5. The monoisotopic (exact) mass is 356 g/mol. The van der Waals surface area contributed by atoms with Crippen molar-refractivity contribution in [1.82, 2.24) is 5.32 Å². The van der Waals surface area contributed by atoms with E-state index in [9.17, 15) is 22.4 Å². The molecule has 0 radical (unpaired) electrons. The highest BCUT2D eigenvalue weighted by molar-refractivity contribution is 5.89. The van der Waals surface area contributed by atoms with Crippen molar-refractivity contribution in [2.45, 2.75) is 19.0 Å². The van der Waals surface area contributed by atoms with Crippen molar-refractivity contribution >= 4 is 11.7 Å². The largest absolute Gasteiger partial charge is 0.492 e. The maximum atomic E-state index is 13.5. The number of benzene rings is 2. The van der Waals surface area contributed by atoms with Gasteiger partial charge in [-0.25, -0.2) is 9.18 Å². The molecular weight excluding hydrogens is 344 g/mol. The van der Waals surface area contributed by atoms with E-state index < -0.39 is 23.9 Å². The lowest BCUT2D eigenvalue weighted by Gasteiger charge is -2.29. The molecular formula is C16H12F4N2O3. The lowest BCUT2D eigenvalue weighted by Crippen LogP contribution is -2.65. The Balaban J connectivity index is 1.80. The molecule has 1 heterocycles. The summed E-state index contributed by atoms with van der Waals surface area (Å²) >= 11 is 0. The van der Waals surface area contributed by atoms with Gasteiger partial charge in [-0.2, -0.15) is 13.2 Å². The van der Waals surface area contributed by atoms with Gasteiger partial charge in [0.05, 0.1) is 0 Å². The highest BCUT2D eigenvalue weighted by Gasteiger charge is 2.65. The van der Waals surface area contributed by atoms with Gasteiger partial charge in [0.15, 0.2) is 11.5 Å². The first-order valence-electron chi connectivity index (χ1n) is 7.09. The number of urea groups is 1. The average Bonchev–Trinajstić information content (AvgIpc) is 2.90. The summed E-state index contributed by atoms with van der Waals surface area (Å²) in [5.74, 6) is -4.31. The molecule has 0 bridgehead atoms. The van der Waals surface area contributed by atoms with Crippen molar-refractivity contribution in [3.8, 4) is 11.5 Å². The number of fused-ring (bicyclic) bond motifs is 1. The third-order valence-electron chi connectivity index (χ3n) is 3.44.